The summed E-state index contributed by atoms with van der Waals surface area (Å²) in [5.41, 5.74) is 7.63. The highest BCUT2D eigenvalue weighted by Crippen LogP contribution is 2.33. The van der Waals surface area contributed by atoms with E-state index in [1.165, 1.54) is 0 Å². The summed E-state index contributed by atoms with van der Waals surface area (Å²) in [6.07, 6.45) is 1.33. The van der Waals surface area contributed by atoms with Crippen molar-refractivity contribution in [3.63, 3.8) is 0 Å². The third kappa shape index (κ3) is 1.62. The van der Waals surface area contributed by atoms with Crippen molar-refractivity contribution in [2.24, 2.45) is 0 Å². The fraction of sp³-hybridized carbons (Fsp3) is 0.455. The lowest BCUT2D eigenvalue weighted by atomic mass is 10.2. The lowest BCUT2D eigenvalue weighted by Crippen LogP contribution is -2.19. The smallest absolute Gasteiger partial charge is 0.143 e. The average molecular weight is 192 g/mol. The lowest BCUT2D eigenvalue weighted by molar-refractivity contribution is 0.221. The van der Waals surface area contributed by atoms with Gasteiger partial charge < -0.3 is 15.4 Å². The van der Waals surface area contributed by atoms with Crippen LogP contribution in [0, 0.1) is 0 Å². The summed E-state index contributed by atoms with van der Waals surface area (Å²) in [6, 6.07) is 5.79. The number of fused-ring (bicyclic) bond motifs is 1. The Morgan fingerprint density at radius 1 is 1.50 bits per heavy atom. The molecule has 0 spiro atoms. The molecule has 0 amide bonds. The van der Waals surface area contributed by atoms with Gasteiger partial charge in [0.2, 0.25) is 0 Å². The zero-order valence-corrected chi connectivity index (χ0v) is 8.66. The first-order chi connectivity index (χ1) is 6.66. The molecular formula is C11H16N2O. The van der Waals surface area contributed by atoms with Gasteiger partial charge in [-0.25, -0.2) is 0 Å². The monoisotopic (exact) mass is 192 g/mol. The normalized spacial score (nSPS) is 21.0. The number of hydrogen-bond donors (Lipinski definition) is 1. The van der Waals surface area contributed by atoms with Gasteiger partial charge >= 0.3 is 0 Å². The van der Waals surface area contributed by atoms with Crippen LogP contribution >= 0.6 is 0 Å². The van der Waals surface area contributed by atoms with Crippen molar-refractivity contribution < 1.29 is 4.74 Å². The van der Waals surface area contributed by atoms with Crippen molar-refractivity contribution in [1.29, 1.82) is 0 Å². The van der Waals surface area contributed by atoms with Crippen LogP contribution < -0.4 is 15.4 Å². The van der Waals surface area contributed by atoms with Crippen LogP contribution in [-0.4, -0.2) is 19.7 Å². The van der Waals surface area contributed by atoms with Crippen LogP contribution in [0.2, 0.25) is 0 Å². The van der Waals surface area contributed by atoms with Crippen molar-refractivity contribution in [2.75, 3.05) is 24.2 Å². The van der Waals surface area contributed by atoms with Gasteiger partial charge in [-0.2, -0.15) is 0 Å². The van der Waals surface area contributed by atoms with E-state index in [1.54, 1.807) is 0 Å². The molecule has 2 N–H and O–H groups in total. The van der Waals surface area contributed by atoms with Crippen molar-refractivity contribution in [2.45, 2.75) is 19.4 Å². The Hall–Kier alpha value is -1.38. The number of nitrogen functional groups attached to an aromatic ring is 1. The zero-order valence-electron chi connectivity index (χ0n) is 8.66. The minimum atomic E-state index is 0.280. The largest absolute Gasteiger partial charge is 0.488 e. The topological polar surface area (TPSA) is 38.5 Å². The van der Waals surface area contributed by atoms with Gasteiger partial charge in [-0.1, -0.05) is 0 Å². The van der Waals surface area contributed by atoms with E-state index >= 15 is 0 Å². The molecule has 3 heteroatoms. The van der Waals surface area contributed by atoms with E-state index in [4.69, 9.17) is 10.5 Å². The lowest BCUT2D eigenvalue weighted by Gasteiger charge is -2.17. The quantitative estimate of drug-likeness (QED) is 0.638. The van der Waals surface area contributed by atoms with Crippen LogP contribution in [0.3, 0.4) is 0 Å². The first-order valence-electron chi connectivity index (χ1n) is 4.94. The van der Waals surface area contributed by atoms with Gasteiger partial charge in [-0.3, -0.25) is 0 Å². The number of ether oxygens (including phenoxy) is 1. The minimum Gasteiger partial charge on any atom is -0.488 e. The number of anilines is 2. The summed E-state index contributed by atoms with van der Waals surface area (Å²) in [5.74, 6) is 0.937. The van der Waals surface area contributed by atoms with Gasteiger partial charge in [0.25, 0.3) is 0 Å². The van der Waals surface area contributed by atoms with E-state index in [9.17, 15) is 0 Å². The molecule has 1 atom stereocenters. The molecule has 1 aromatic carbocycles. The molecule has 0 saturated heterocycles. The second-order valence-electron chi connectivity index (χ2n) is 3.87. The molecule has 1 aliphatic heterocycles. The Morgan fingerprint density at radius 2 is 2.29 bits per heavy atom. The molecule has 0 aromatic heterocycles. The highest BCUT2D eigenvalue weighted by Gasteiger charge is 2.17. The molecule has 2 rings (SSSR count). The highest BCUT2D eigenvalue weighted by atomic mass is 16.5. The van der Waals surface area contributed by atoms with Gasteiger partial charge in [0, 0.05) is 25.7 Å². The number of rotatable bonds is 0. The van der Waals surface area contributed by atoms with Gasteiger partial charge in [-0.05, 0) is 25.1 Å². The summed E-state index contributed by atoms with van der Waals surface area (Å²) in [4.78, 5) is 2.19. The first kappa shape index (κ1) is 9.19. The molecule has 14 heavy (non-hydrogen) atoms. The third-order valence-corrected chi connectivity index (χ3v) is 2.59. The highest BCUT2D eigenvalue weighted by molar-refractivity contribution is 5.65. The van der Waals surface area contributed by atoms with E-state index in [2.05, 4.69) is 18.9 Å². The molecule has 0 radical (unpaired) electrons. The van der Waals surface area contributed by atoms with E-state index in [0.29, 0.717) is 0 Å². The standard InChI is InChI=1S/C11H16N2O/c1-8-5-6-13(2)10-7-9(12)3-4-11(10)14-8/h3-4,7-8H,5-6,12H2,1-2H3. The SMILES string of the molecule is CC1CCN(C)c2cc(N)ccc2O1. The molecule has 76 valence electrons. The van der Waals surface area contributed by atoms with E-state index in [0.717, 1.165) is 30.1 Å². The van der Waals surface area contributed by atoms with Crippen LogP contribution in [0.15, 0.2) is 18.2 Å². The third-order valence-electron chi connectivity index (χ3n) is 2.59. The second kappa shape index (κ2) is 3.40. The Kier molecular flexibility index (Phi) is 2.23. The Labute approximate surface area is 84.5 Å². The summed E-state index contributed by atoms with van der Waals surface area (Å²) < 4.78 is 5.78. The fourth-order valence-corrected chi connectivity index (χ4v) is 1.70. The molecule has 3 nitrogen and oxygen atoms in total. The molecule has 0 aliphatic carbocycles. The number of benzene rings is 1. The zero-order chi connectivity index (χ0) is 10.1. The van der Waals surface area contributed by atoms with Crippen LogP contribution in [0.25, 0.3) is 0 Å². The summed E-state index contributed by atoms with van der Waals surface area (Å²) in [6.45, 7) is 3.11. The van der Waals surface area contributed by atoms with E-state index in [1.807, 2.05) is 18.2 Å². The summed E-state index contributed by atoms with van der Waals surface area (Å²) in [5, 5.41) is 0. The maximum Gasteiger partial charge on any atom is 0.143 e. The van der Waals surface area contributed by atoms with Gasteiger partial charge in [-0.15, -0.1) is 0 Å². The van der Waals surface area contributed by atoms with Gasteiger partial charge in [0.05, 0.1) is 11.8 Å². The minimum absolute atomic E-state index is 0.280. The van der Waals surface area contributed by atoms with Gasteiger partial charge in [0.1, 0.15) is 5.75 Å². The number of hydrogen-bond acceptors (Lipinski definition) is 3. The molecule has 1 aliphatic rings. The van der Waals surface area contributed by atoms with Crippen LogP contribution in [0.1, 0.15) is 13.3 Å². The molecular weight excluding hydrogens is 176 g/mol. The summed E-state index contributed by atoms with van der Waals surface area (Å²) in [7, 11) is 2.07. The average Bonchev–Trinajstić information content (AvgIpc) is 2.29. The Morgan fingerprint density at radius 3 is 3.07 bits per heavy atom. The molecule has 0 bridgehead atoms. The van der Waals surface area contributed by atoms with Crippen LogP contribution in [0.5, 0.6) is 5.75 Å². The maximum absolute atomic E-state index is 5.78. The molecule has 1 unspecified atom stereocenters. The van der Waals surface area contributed by atoms with Crippen LogP contribution in [-0.2, 0) is 0 Å². The molecule has 1 heterocycles. The van der Waals surface area contributed by atoms with Crippen molar-refractivity contribution in [3.8, 4) is 5.75 Å². The second-order valence-corrected chi connectivity index (χ2v) is 3.87. The van der Waals surface area contributed by atoms with Crippen molar-refractivity contribution in [1.82, 2.24) is 0 Å². The van der Waals surface area contributed by atoms with E-state index in [-0.39, 0.29) is 6.10 Å². The van der Waals surface area contributed by atoms with Crippen LogP contribution in [0.4, 0.5) is 11.4 Å². The summed E-state index contributed by atoms with van der Waals surface area (Å²) >= 11 is 0. The molecule has 0 saturated carbocycles. The van der Waals surface area contributed by atoms with Gasteiger partial charge in [0.15, 0.2) is 0 Å². The Bertz CT molecular complexity index is 338. The predicted molar refractivity (Wildman–Crippen MR) is 58.8 cm³/mol. The predicted octanol–water partition coefficient (Wildman–Crippen LogP) is 1.88. The maximum atomic E-state index is 5.78. The van der Waals surface area contributed by atoms with Crippen molar-refractivity contribution in [3.05, 3.63) is 18.2 Å². The number of nitrogens with zero attached hydrogens (tertiary/aromatic N) is 1. The van der Waals surface area contributed by atoms with E-state index < -0.39 is 0 Å². The Balaban J connectivity index is 2.42. The number of nitrogens with two attached hydrogens (primary N) is 1. The fourth-order valence-electron chi connectivity index (χ4n) is 1.70. The molecule has 0 fully saturated rings. The first-order valence-corrected chi connectivity index (χ1v) is 4.94. The van der Waals surface area contributed by atoms with Crippen molar-refractivity contribution >= 4 is 11.4 Å². The molecule has 1 aromatic rings.